The molecule has 1 atom stereocenters. The molecule has 1 heterocycles. The van der Waals surface area contributed by atoms with Crippen molar-refractivity contribution in [2.24, 2.45) is 5.92 Å². The predicted octanol–water partition coefficient (Wildman–Crippen LogP) is 0.956. The van der Waals surface area contributed by atoms with Crippen LogP contribution in [0.3, 0.4) is 0 Å². The molecule has 0 radical (unpaired) electrons. The summed E-state index contributed by atoms with van der Waals surface area (Å²) in [7, 11) is 0. The second-order valence-corrected chi connectivity index (χ2v) is 3.64. The van der Waals surface area contributed by atoms with E-state index in [1.165, 1.54) is 0 Å². The number of aliphatic hydroxyl groups is 1. The Hall–Kier alpha value is -0.220. The highest BCUT2D eigenvalue weighted by Gasteiger charge is 2.32. The van der Waals surface area contributed by atoms with Crippen molar-refractivity contribution in [2.75, 3.05) is 26.2 Å². The maximum Gasteiger partial charge on any atom is 0.283 e. The van der Waals surface area contributed by atoms with Crippen molar-refractivity contribution >= 4 is 0 Å². The molecular weight excluding hydrogens is 164 g/mol. The number of hydrogen-bond donors (Lipinski definition) is 1. The van der Waals surface area contributed by atoms with Crippen LogP contribution >= 0.6 is 0 Å². The van der Waals surface area contributed by atoms with E-state index in [9.17, 15) is 8.78 Å². The summed E-state index contributed by atoms with van der Waals surface area (Å²) in [6.07, 6.45) is 0.988. The molecule has 12 heavy (non-hydrogen) atoms. The van der Waals surface area contributed by atoms with Crippen molar-refractivity contribution in [2.45, 2.75) is 19.3 Å². The van der Waals surface area contributed by atoms with Gasteiger partial charge in [0.15, 0.2) is 0 Å². The summed E-state index contributed by atoms with van der Waals surface area (Å²) in [4.78, 5) is 1.71. The number of aliphatic hydroxyl groups excluding tert-OH is 1. The Morgan fingerprint density at radius 2 is 2.25 bits per heavy atom. The summed E-state index contributed by atoms with van der Waals surface area (Å²) in [6.45, 7) is 2.18. The molecule has 0 aromatic rings. The monoisotopic (exact) mass is 179 g/mol. The molecule has 1 unspecified atom stereocenters. The van der Waals surface area contributed by atoms with Crippen LogP contribution in [-0.2, 0) is 0 Å². The molecule has 4 heteroatoms. The van der Waals surface area contributed by atoms with Gasteiger partial charge in [0.2, 0.25) is 0 Å². The van der Waals surface area contributed by atoms with Crippen LogP contribution < -0.4 is 0 Å². The van der Waals surface area contributed by atoms with Crippen LogP contribution in [0.5, 0.6) is 0 Å². The minimum absolute atomic E-state index is 0.298. The maximum absolute atomic E-state index is 12.6. The summed E-state index contributed by atoms with van der Waals surface area (Å²) in [6, 6.07) is 0. The number of nitrogens with zero attached hydrogens (tertiary/aromatic N) is 1. The highest BCUT2D eigenvalue weighted by atomic mass is 19.3. The van der Waals surface area contributed by atoms with Gasteiger partial charge >= 0.3 is 0 Å². The van der Waals surface area contributed by atoms with E-state index in [-0.39, 0.29) is 6.54 Å². The summed E-state index contributed by atoms with van der Waals surface area (Å²) in [5, 5.41) is 8.34. The normalized spacial score (nSPS) is 26.5. The van der Waals surface area contributed by atoms with Gasteiger partial charge in [-0.2, -0.15) is 0 Å². The number of alkyl halides is 2. The van der Waals surface area contributed by atoms with Crippen molar-refractivity contribution in [3.05, 3.63) is 0 Å². The van der Waals surface area contributed by atoms with Gasteiger partial charge < -0.3 is 5.11 Å². The van der Waals surface area contributed by atoms with Crippen molar-refractivity contribution in [3.63, 3.8) is 0 Å². The predicted molar refractivity (Wildman–Crippen MR) is 42.3 cm³/mol. The molecule has 1 N–H and O–H groups in total. The van der Waals surface area contributed by atoms with Crippen LogP contribution in [0.2, 0.25) is 0 Å². The van der Waals surface area contributed by atoms with Gasteiger partial charge in [-0.25, -0.2) is 8.78 Å². The molecule has 0 saturated carbocycles. The molecule has 0 bridgehead atoms. The van der Waals surface area contributed by atoms with E-state index < -0.39 is 12.5 Å². The fraction of sp³-hybridized carbons (Fsp3) is 1.00. The van der Waals surface area contributed by atoms with Crippen molar-refractivity contribution in [1.29, 1.82) is 0 Å². The Labute approximate surface area is 71.2 Å². The Bertz CT molecular complexity index is 152. The largest absolute Gasteiger partial charge is 0.390 e. The second-order valence-electron chi connectivity index (χ2n) is 3.64. The van der Waals surface area contributed by atoms with Gasteiger partial charge in [-0.05, 0) is 18.9 Å². The average Bonchev–Trinajstić information content (AvgIpc) is 2.35. The van der Waals surface area contributed by atoms with Gasteiger partial charge in [0, 0.05) is 6.54 Å². The lowest BCUT2D eigenvalue weighted by atomic mass is 10.2. The van der Waals surface area contributed by atoms with Gasteiger partial charge in [0.25, 0.3) is 5.92 Å². The maximum atomic E-state index is 12.6. The molecule has 72 valence electrons. The highest BCUT2D eigenvalue weighted by Crippen LogP contribution is 2.20. The average molecular weight is 179 g/mol. The van der Waals surface area contributed by atoms with Gasteiger partial charge in [-0.3, -0.25) is 4.90 Å². The lowest BCUT2D eigenvalue weighted by Crippen LogP contribution is -2.38. The minimum Gasteiger partial charge on any atom is -0.390 e. The lowest BCUT2D eigenvalue weighted by molar-refractivity contribution is -0.0696. The Morgan fingerprint density at radius 3 is 2.67 bits per heavy atom. The third kappa shape index (κ3) is 2.68. The van der Waals surface area contributed by atoms with Crippen LogP contribution in [0.25, 0.3) is 0 Å². The van der Waals surface area contributed by atoms with E-state index >= 15 is 0 Å². The van der Waals surface area contributed by atoms with E-state index in [0.717, 1.165) is 19.5 Å². The van der Waals surface area contributed by atoms with Crippen LogP contribution in [0.15, 0.2) is 0 Å². The fourth-order valence-electron chi connectivity index (χ4n) is 1.55. The summed E-state index contributed by atoms with van der Waals surface area (Å²) in [5.41, 5.74) is 0. The molecule has 0 spiro atoms. The van der Waals surface area contributed by atoms with Crippen molar-refractivity contribution in [3.8, 4) is 0 Å². The minimum atomic E-state index is -2.93. The van der Waals surface area contributed by atoms with Crippen LogP contribution in [0.4, 0.5) is 8.78 Å². The summed E-state index contributed by atoms with van der Waals surface area (Å²) < 4.78 is 25.3. The molecule has 1 rings (SSSR count). The third-order valence-corrected chi connectivity index (χ3v) is 2.19. The molecule has 2 nitrogen and oxygen atoms in total. The second kappa shape index (κ2) is 3.66. The number of halogens is 2. The fourth-order valence-corrected chi connectivity index (χ4v) is 1.55. The summed E-state index contributed by atoms with van der Waals surface area (Å²) >= 11 is 0. The smallest absolute Gasteiger partial charge is 0.283 e. The highest BCUT2D eigenvalue weighted by molar-refractivity contribution is 4.78. The Kier molecular flexibility index (Phi) is 3.01. The number of likely N-dealkylation sites (tertiary alicyclic amines) is 1. The zero-order chi connectivity index (χ0) is 9.19. The third-order valence-electron chi connectivity index (χ3n) is 2.19. The quantitative estimate of drug-likeness (QED) is 0.697. The molecule has 1 aliphatic rings. The lowest BCUT2D eigenvalue weighted by Gasteiger charge is -2.21. The van der Waals surface area contributed by atoms with E-state index in [1.807, 2.05) is 0 Å². The Balaban J connectivity index is 2.32. The number of rotatable bonds is 3. The van der Waals surface area contributed by atoms with E-state index in [4.69, 9.17) is 5.11 Å². The van der Waals surface area contributed by atoms with Crippen LogP contribution in [-0.4, -0.2) is 42.2 Å². The molecular formula is C8H15F2NO. The van der Waals surface area contributed by atoms with E-state index in [2.05, 4.69) is 6.92 Å². The molecule has 1 fully saturated rings. The topological polar surface area (TPSA) is 23.5 Å². The zero-order valence-corrected chi connectivity index (χ0v) is 7.26. The first-order chi connectivity index (χ1) is 5.53. The first-order valence-corrected chi connectivity index (χ1v) is 4.24. The summed E-state index contributed by atoms with van der Waals surface area (Å²) in [5.74, 6) is -2.41. The molecule has 1 aliphatic heterocycles. The first-order valence-electron chi connectivity index (χ1n) is 4.24. The molecule has 0 amide bonds. The SMILES string of the molecule is CC1CCN(CC(F)(F)CO)C1. The van der Waals surface area contributed by atoms with Gasteiger partial charge in [0.05, 0.1) is 6.54 Å². The van der Waals surface area contributed by atoms with Gasteiger partial charge in [-0.15, -0.1) is 0 Å². The molecule has 0 aromatic heterocycles. The zero-order valence-electron chi connectivity index (χ0n) is 7.26. The van der Waals surface area contributed by atoms with Crippen LogP contribution in [0.1, 0.15) is 13.3 Å². The van der Waals surface area contributed by atoms with Crippen molar-refractivity contribution < 1.29 is 13.9 Å². The van der Waals surface area contributed by atoms with Gasteiger partial charge in [0.1, 0.15) is 6.61 Å². The molecule has 1 saturated heterocycles. The molecule has 0 aromatic carbocycles. The van der Waals surface area contributed by atoms with E-state index in [1.54, 1.807) is 4.90 Å². The number of hydrogen-bond acceptors (Lipinski definition) is 2. The standard InChI is InChI=1S/C8H15F2NO/c1-7-2-3-11(4-7)5-8(9,10)6-12/h7,12H,2-6H2,1H3. The van der Waals surface area contributed by atoms with Crippen molar-refractivity contribution in [1.82, 2.24) is 4.90 Å². The van der Waals surface area contributed by atoms with Gasteiger partial charge in [-0.1, -0.05) is 6.92 Å². The van der Waals surface area contributed by atoms with E-state index in [0.29, 0.717) is 5.92 Å². The first kappa shape index (κ1) is 9.86. The Morgan fingerprint density at radius 1 is 1.58 bits per heavy atom. The molecule has 0 aliphatic carbocycles. The van der Waals surface area contributed by atoms with Crippen LogP contribution in [0, 0.1) is 5.92 Å².